The first-order chi connectivity index (χ1) is 14.0. The molecule has 4 rings (SSSR count). The number of halogens is 1. The number of likely N-dealkylation sites (tertiary alicyclic amines) is 2. The van der Waals surface area contributed by atoms with Gasteiger partial charge in [-0.15, -0.1) is 22.7 Å². The first-order valence-corrected chi connectivity index (χ1v) is 12.8. The lowest BCUT2D eigenvalue weighted by Crippen LogP contribution is -2.47. The Morgan fingerprint density at radius 2 is 1.93 bits per heavy atom. The third-order valence-electron chi connectivity index (χ3n) is 5.83. The molecule has 1 unspecified atom stereocenters. The van der Waals surface area contributed by atoms with Gasteiger partial charge in [0, 0.05) is 47.3 Å². The summed E-state index contributed by atoms with van der Waals surface area (Å²) in [6.45, 7) is 5.36. The van der Waals surface area contributed by atoms with E-state index >= 15 is 0 Å². The van der Waals surface area contributed by atoms with Crippen LogP contribution >= 0.6 is 38.6 Å². The molecule has 0 aromatic carbocycles. The largest absolute Gasteiger partial charge is 0.342 e. The Balaban J connectivity index is 1.28. The number of hydrogen-bond donors (Lipinski definition) is 0. The van der Waals surface area contributed by atoms with Crippen LogP contribution < -0.4 is 0 Å². The first-order valence-electron chi connectivity index (χ1n) is 10.2. The van der Waals surface area contributed by atoms with E-state index in [2.05, 4.69) is 38.8 Å². The van der Waals surface area contributed by atoms with Crippen molar-refractivity contribution in [3.05, 3.63) is 27.0 Å². The number of thiophene rings is 1. The van der Waals surface area contributed by atoms with Crippen molar-refractivity contribution in [2.45, 2.75) is 39.0 Å². The second kappa shape index (κ2) is 9.27. The van der Waals surface area contributed by atoms with E-state index in [1.54, 1.807) is 22.7 Å². The van der Waals surface area contributed by atoms with Crippen LogP contribution in [0.25, 0.3) is 9.88 Å². The summed E-state index contributed by atoms with van der Waals surface area (Å²) >= 11 is 6.70. The number of nitrogens with zero attached hydrogens (tertiary/aromatic N) is 3. The Kier molecular flexibility index (Phi) is 6.71. The van der Waals surface area contributed by atoms with Crippen LogP contribution in [-0.2, 0) is 16.0 Å². The first kappa shape index (κ1) is 21.0. The molecular weight excluding hydrogens is 470 g/mol. The standard InChI is InChI=1S/C21H26BrN3O2S2/c1-14-3-2-6-25(11-14)21(27)15-4-7-24(8-5-15)19(26)10-17-13-29-20(23-17)18-9-16(22)12-28-18/h9,12-15H,2-8,10-11H2,1H3. The molecular formula is C21H26BrN3O2S2. The van der Waals surface area contributed by atoms with Crippen molar-refractivity contribution in [3.8, 4) is 9.88 Å². The maximum absolute atomic E-state index is 12.8. The summed E-state index contributed by atoms with van der Waals surface area (Å²) in [4.78, 5) is 35.3. The molecule has 0 bridgehead atoms. The van der Waals surface area contributed by atoms with E-state index in [9.17, 15) is 9.59 Å². The van der Waals surface area contributed by atoms with Gasteiger partial charge in [-0.1, -0.05) is 6.92 Å². The molecule has 156 valence electrons. The Labute approximate surface area is 188 Å². The van der Waals surface area contributed by atoms with Gasteiger partial charge in [0.1, 0.15) is 5.01 Å². The minimum Gasteiger partial charge on any atom is -0.342 e. The lowest BCUT2D eigenvalue weighted by Gasteiger charge is -2.37. The molecule has 4 heterocycles. The summed E-state index contributed by atoms with van der Waals surface area (Å²) in [5, 5.41) is 4.98. The van der Waals surface area contributed by atoms with Crippen molar-refractivity contribution >= 4 is 50.4 Å². The van der Waals surface area contributed by atoms with Crippen molar-refractivity contribution in [1.29, 1.82) is 0 Å². The molecule has 0 radical (unpaired) electrons. The number of hydrogen-bond acceptors (Lipinski definition) is 5. The molecule has 8 heteroatoms. The lowest BCUT2D eigenvalue weighted by atomic mass is 9.92. The smallest absolute Gasteiger partial charge is 0.228 e. The molecule has 0 saturated carbocycles. The number of aromatic nitrogens is 1. The summed E-state index contributed by atoms with van der Waals surface area (Å²) < 4.78 is 1.06. The van der Waals surface area contributed by atoms with Crippen LogP contribution in [0.1, 0.15) is 38.3 Å². The number of amides is 2. The molecule has 2 aliphatic heterocycles. The van der Waals surface area contributed by atoms with Crippen LogP contribution in [0.5, 0.6) is 0 Å². The van der Waals surface area contributed by atoms with Crippen LogP contribution in [0, 0.1) is 11.8 Å². The second-order valence-corrected chi connectivity index (χ2v) is 10.8. The van der Waals surface area contributed by atoms with Crippen LogP contribution in [-0.4, -0.2) is 52.8 Å². The minimum absolute atomic E-state index is 0.0764. The monoisotopic (exact) mass is 495 g/mol. The second-order valence-electron chi connectivity index (χ2n) is 8.14. The van der Waals surface area contributed by atoms with Gasteiger partial charge in [0.05, 0.1) is 17.0 Å². The van der Waals surface area contributed by atoms with Crippen molar-refractivity contribution in [1.82, 2.24) is 14.8 Å². The summed E-state index contributed by atoms with van der Waals surface area (Å²) in [6, 6.07) is 2.06. The van der Waals surface area contributed by atoms with Crippen molar-refractivity contribution in [2.24, 2.45) is 11.8 Å². The third-order valence-corrected chi connectivity index (χ3v) is 8.58. The number of carbonyl (C=O) groups is 2. The topological polar surface area (TPSA) is 53.5 Å². The van der Waals surface area contributed by atoms with Gasteiger partial charge in [0.25, 0.3) is 0 Å². The van der Waals surface area contributed by atoms with E-state index < -0.39 is 0 Å². The molecule has 2 aliphatic rings. The zero-order valence-electron chi connectivity index (χ0n) is 16.6. The fourth-order valence-corrected chi connectivity index (χ4v) is 6.54. The molecule has 0 N–H and O–H groups in total. The Hall–Kier alpha value is -1.25. The summed E-state index contributed by atoms with van der Waals surface area (Å²) in [5.41, 5.74) is 0.833. The molecule has 2 aromatic rings. The van der Waals surface area contributed by atoms with E-state index in [-0.39, 0.29) is 11.8 Å². The van der Waals surface area contributed by atoms with Crippen LogP contribution in [0.4, 0.5) is 0 Å². The zero-order valence-corrected chi connectivity index (χ0v) is 19.8. The van der Waals surface area contributed by atoms with Crippen LogP contribution in [0.3, 0.4) is 0 Å². The van der Waals surface area contributed by atoms with E-state index in [4.69, 9.17) is 0 Å². The highest BCUT2D eigenvalue weighted by molar-refractivity contribution is 9.10. The van der Waals surface area contributed by atoms with Gasteiger partial charge in [-0.05, 0) is 53.6 Å². The average molecular weight is 496 g/mol. The quantitative estimate of drug-likeness (QED) is 0.618. The van der Waals surface area contributed by atoms with E-state index in [1.807, 2.05) is 15.7 Å². The summed E-state index contributed by atoms with van der Waals surface area (Å²) in [6.07, 6.45) is 4.23. The molecule has 0 aliphatic carbocycles. The van der Waals surface area contributed by atoms with Gasteiger partial charge in [-0.3, -0.25) is 9.59 Å². The fourth-order valence-electron chi connectivity index (χ4n) is 4.22. The zero-order chi connectivity index (χ0) is 20.4. The molecule has 2 fully saturated rings. The highest BCUT2D eigenvalue weighted by Gasteiger charge is 2.31. The van der Waals surface area contributed by atoms with Crippen LogP contribution in [0.2, 0.25) is 0 Å². The molecule has 5 nitrogen and oxygen atoms in total. The normalized spacial score (nSPS) is 20.8. The van der Waals surface area contributed by atoms with Gasteiger partial charge in [0.15, 0.2) is 0 Å². The Morgan fingerprint density at radius 3 is 2.62 bits per heavy atom. The van der Waals surface area contributed by atoms with E-state index in [0.717, 1.165) is 52.4 Å². The van der Waals surface area contributed by atoms with Gasteiger partial charge in [-0.2, -0.15) is 0 Å². The van der Waals surface area contributed by atoms with Gasteiger partial charge >= 0.3 is 0 Å². The molecule has 2 aromatic heterocycles. The maximum atomic E-state index is 12.8. The predicted molar refractivity (Wildman–Crippen MR) is 121 cm³/mol. The Morgan fingerprint density at radius 1 is 1.14 bits per heavy atom. The average Bonchev–Trinajstić information content (AvgIpc) is 3.36. The van der Waals surface area contributed by atoms with Gasteiger partial charge in [0.2, 0.25) is 11.8 Å². The molecule has 2 amide bonds. The molecule has 2 saturated heterocycles. The maximum Gasteiger partial charge on any atom is 0.228 e. The molecule has 29 heavy (non-hydrogen) atoms. The third kappa shape index (κ3) is 5.09. The number of carbonyl (C=O) groups excluding carboxylic acids is 2. The summed E-state index contributed by atoms with van der Waals surface area (Å²) in [7, 11) is 0. The highest BCUT2D eigenvalue weighted by atomic mass is 79.9. The number of piperidine rings is 2. The summed E-state index contributed by atoms with van der Waals surface area (Å²) in [5.74, 6) is 1.10. The van der Waals surface area contributed by atoms with E-state index in [1.165, 1.54) is 6.42 Å². The highest BCUT2D eigenvalue weighted by Crippen LogP contribution is 2.32. The van der Waals surface area contributed by atoms with Gasteiger partial charge < -0.3 is 9.80 Å². The lowest BCUT2D eigenvalue weighted by molar-refractivity contribution is -0.141. The van der Waals surface area contributed by atoms with Crippen molar-refractivity contribution in [2.75, 3.05) is 26.2 Å². The number of thiazole rings is 1. The molecule has 0 spiro atoms. The van der Waals surface area contributed by atoms with Crippen molar-refractivity contribution in [3.63, 3.8) is 0 Å². The van der Waals surface area contributed by atoms with Crippen molar-refractivity contribution < 1.29 is 9.59 Å². The van der Waals surface area contributed by atoms with E-state index in [0.29, 0.717) is 31.3 Å². The number of rotatable bonds is 4. The Bertz CT molecular complexity index is 873. The van der Waals surface area contributed by atoms with Gasteiger partial charge in [-0.25, -0.2) is 4.98 Å². The minimum atomic E-state index is 0.0764. The SMILES string of the molecule is CC1CCCN(C(=O)C2CCN(C(=O)Cc3csc(-c4cc(Br)cs4)n3)CC2)C1. The predicted octanol–water partition coefficient (Wildman–Crippen LogP) is 4.67. The fraction of sp³-hybridized carbons (Fsp3) is 0.571. The molecule has 1 atom stereocenters. The van der Waals surface area contributed by atoms with Crippen LogP contribution in [0.15, 0.2) is 21.3 Å².